The minimum Gasteiger partial charge on any atom is -0.507 e. The van der Waals surface area contributed by atoms with E-state index in [2.05, 4.69) is 10.2 Å². The van der Waals surface area contributed by atoms with E-state index in [4.69, 9.17) is 0 Å². The first-order chi connectivity index (χ1) is 12.0. The molecule has 138 valence electrons. The van der Waals surface area contributed by atoms with Gasteiger partial charge >= 0.3 is 0 Å². The Bertz CT molecular complexity index is 624. The summed E-state index contributed by atoms with van der Waals surface area (Å²) >= 11 is 0. The van der Waals surface area contributed by atoms with Crippen LogP contribution < -0.4 is 5.32 Å². The van der Waals surface area contributed by atoms with Crippen LogP contribution in [0.25, 0.3) is 0 Å². The standard InChI is InChI=1S/C20H30N2O3/c1-13-11-14(2)19(24)16(12-13)20(25)21-15-7-9-22(10-8-15)17-5-3-4-6-18(17)23/h11-12,15,17-18,23-24H,3-10H2,1-2H3,(H,21,25). The predicted octanol–water partition coefficient (Wildman–Crippen LogP) is 2.51. The van der Waals surface area contributed by atoms with E-state index < -0.39 is 0 Å². The van der Waals surface area contributed by atoms with E-state index in [1.54, 1.807) is 6.07 Å². The first-order valence-electron chi connectivity index (χ1n) is 9.49. The van der Waals surface area contributed by atoms with Crippen molar-refractivity contribution in [2.24, 2.45) is 0 Å². The molecule has 3 rings (SSSR count). The van der Waals surface area contributed by atoms with Crippen molar-refractivity contribution in [3.8, 4) is 5.75 Å². The quantitative estimate of drug-likeness (QED) is 0.786. The highest BCUT2D eigenvalue weighted by molar-refractivity contribution is 5.97. The summed E-state index contributed by atoms with van der Waals surface area (Å²) < 4.78 is 0. The van der Waals surface area contributed by atoms with E-state index in [9.17, 15) is 15.0 Å². The van der Waals surface area contributed by atoms with Gasteiger partial charge in [0, 0.05) is 25.2 Å². The van der Waals surface area contributed by atoms with Crippen molar-refractivity contribution in [3.63, 3.8) is 0 Å². The second-order valence-corrected chi connectivity index (χ2v) is 7.68. The molecule has 1 aromatic carbocycles. The average molecular weight is 346 g/mol. The highest BCUT2D eigenvalue weighted by Crippen LogP contribution is 2.27. The molecule has 25 heavy (non-hydrogen) atoms. The maximum atomic E-state index is 12.5. The molecule has 1 amide bonds. The molecule has 2 unspecified atom stereocenters. The summed E-state index contributed by atoms with van der Waals surface area (Å²) in [5, 5.41) is 23.5. The normalized spacial score (nSPS) is 25.7. The Morgan fingerprint density at radius 1 is 1.12 bits per heavy atom. The number of amides is 1. The summed E-state index contributed by atoms with van der Waals surface area (Å²) in [6, 6.07) is 4.03. The highest BCUT2D eigenvalue weighted by atomic mass is 16.3. The molecule has 3 N–H and O–H groups in total. The topological polar surface area (TPSA) is 72.8 Å². The summed E-state index contributed by atoms with van der Waals surface area (Å²) in [7, 11) is 0. The molecule has 5 heteroatoms. The number of nitrogens with zero attached hydrogens (tertiary/aromatic N) is 1. The molecule has 1 saturated heterocycles. The van der Waals surface area contributed by atoms with Crippen LogP contribution in [0.2, 0.25) is 0 Å². The smallest absolute Gasteiger partial charge is 0.255 e. The highest BCUT2D eigenvalue weighted by Gasteiger charge is 2.32. The summed E-state index contributed by atoms with van der Waals surface area (Å²) in [5.74, 6) is -0.119. The van der Waals surface area contributed by atoms with E-state index in [0.717, 1.165) is 56.3 Å². The van der Waals surface area contributed by atoms with Crippen molar-refractivity contribution >= 4 is 5.91 Å². The number of benzene rings is 1. The fourth-order valence-corrected chi connectivity index (χ4v) is 4.29. The van der Waals surface area contributed by atoms with Crippen molar-refractivity contribution in [2.45, 2.75) is 70.6 Å². The van der Waals surface area contributed by atoms with Gasteiger partial charge in [0.05, 0.1) is 11.7 Å². The van der Waals surface area contributed by atoms with Gasteiger partial charge in [-0.15, -0.1) is 0 Å². The third-order valence-electron chi connectivity index (χ3n) is 5.72. The molecule has 1 heterocycles. The Hall–Kier alpha value is -1.59. The van der Waals surface area contributed by atoms with Gasteiger partial charge in [0.15, 0.2) is 0 Å². The zero-order chi connectivity index (χ0) is 18.0. The molecule has 0 radical (unpaired) electrons. The number of hydrogen-bond donors (Lipinski definition) is 3. The molecule has 2 aliphatic rings. The number of aromatic hydroxyl groups is 1. The van der Waals surface area contributed by atoms with Crippen LogP contribution in [-0.4, -0.2) is 52.3 Å². The Morgan fingerprint density at radius 2 is 1.80 bits per heavy atom. The number of rotatable bonds is 3. The van der Waals surface area contributed by atoms with Crippen molar-refractivity contribution in [2.75, 3.05) is 13.1 Å². The van der Waals surface area contributed by atoms with Gasteiger partial charge < -0.3 is 15.5 Å². The van der Waals surface area contributed by atoms with Crippen LogP contribution in [0, 0.1) is 13.8 Å². The maximum Gasteiger partial charge on any atom is 0.255 e. The number of likely N-dealkylation sites (tertiary alicyclic amines) is 1. The molecule has 0 bridgehead atoms. The van der Waals surface area contributed by atoms with Crippen LogP contribution in [-0.2, 0) is 0 Å². The van der Waals surface area contributed by atoms with Crippen molar-refractivity contribution in [1.82, 2.24) is 10.2 Å². The number of phenols is 1. The number of nitrogens with one attached hydrogen (secondary N) is 1. The van der Waals surface area contributed by atoms with Crippen LogP contribution in [0.1, 0.15) is 60.0 Å². The molecular weight excluding hydrogens is 316 g/mol. The molecule has 1 aromatic rings. The van der Waals surface area contributed by atoms with E-state index in [1.807, 2.05) is 19.9 Å². The number of phenolic OH excluding ortho intramolecular Hbond substituents is 1. The first-order valence-corrected chi connectivity index (χ1v) is 9.49. The van der Waals surface area contributed by atoms with Gasteiger partial charge in [-0.25, -0.2) is 0 Å². The lowest BCUT2D eigenvalue weighted by Crippen LogP contribution is -2.52. The van der Waals surface area contributed by atoms with E-state index in [1.165, 1.54) is 6.42 Å². The van der Waals surface area contributed by atoms with Crippen molar-refractivity contribution < 1.29 is 15.0 Å². The van der Waals surface area contributed by atoms with Crippen LogP contribution in [0.5, 0.6) is 5.75 Å². The molecular formula is C20H30N2O3. The number of carbonyl (C=O) groups is 1. The van der Waals surface area contributed by atoms with Crippen molar-refractivity contribution in [3.05, 3.63) is 28.8 Å². The SMILES string of the molecule is Cc1cc(C)c(O)c(C(=O)NC2CCN(C3CCCCC3O)CC2)c1. The zero-order valence-corrected chi connectivity index (χ0v) is 15.3. The van der Waals surface area contributed by atoms with Gasteiger partial charge in [0.25, 0.3) is 5.91 Å². The Labute approximate surface area is 150 Å². The first kappa shape index (κ1) is 18.2. The lowest BCUT2D eigenvalue weighted by atomic mass is 9.89. The van der Waals surface area contributed by atoms with E-state index >= 15 is 0 Å². The largest absolute Gasteiger partial charge is 0.507 e. The number of aliphatic hydroxyl groups excluding tert-OH is 1. The molecule has 2 atom stereocenters. The summed E-state index contributed by atoms with van der Waals surface area (Å²) in [5.41, 5.74) is 2.07. The average Bonchev–Trinajstić information content (AvgIpc) is 2.59. The summed E-state index contributed by atoms with van der Waals surface area (Å²) in [6.45, 7) is 5.56. The lowest BCUT2D eigenvalue weighted by Gasteiger charge is -2.41. The maximum absolute atomic E-state index is 12.5. The molecule has 1 saturated carbocycles. The van der Waals surface area contributed by atoms with Gasteiger partial charge in [-0.1, -0.05) is 18.9 Å². The molecule has 0 spiro atoms. The van der Waals surface area contributed by atoms with Crippen molar-refractivity contribution in [1.29, 1.82) is 0 Å². The molecule has 5 nitrogen and oxygen atoms in total. The third kappa shape index (κ3) is 4.15. The molecule has 1 aliphatic carbocycles. The van der Waals surface area contributed by atoms with Gasteiger partial charge in [-0.05, 0) is 56.7 Å². The minimum absolute atomic E-state index is 0.0749. The summed E-state index contributed by atoms with van der Waals surface area (Å²) in [4.78, 5) is 14.9. The number of aliphatic hydroxyl groups is 1. The van der Waals surface area contributed by atoms with Crippen LogP contribution in [0.15, 0.2) is 12.1 Å². The number of aryl methyl sites for hydroxylation is 2. The van der Waals surface area contributed by atoms with E-state index in [0.29, 0.717) is 5.56 Å². The van der Waals surface area contributed by atoms with Gasteiger partial charge in [0.1, 0.15) is 5.75 Å². The zero-order valence-electron chi connectivity index (χ0n) is 15.3. The third-order valence-corrected chi connectivity index (χ3v) is 5.72. The monoisotopic (exact) mass is 346 g/mol. The summed E-state index contributed by atoms with van der Waals surface area (Å²) in [6.07, 6.45) is 5.89. The minimum atomic E-state index is -0.202. The number of carbonyl (C=O) groups excluding carboxylic acids is 1. The fraction of sp³-hybridized carbons (Fsp3) is 0.650. The van der Waals surface area contributed by atoms with Crippen LogP contribution in [0.3, 0.4) is 0 Å². The number of piperidine rings is 1. The Balaban J connectivity index is 1.56. The van der Waals surface area contributed by atoms with Gasteiger partial charge in [-0.3, -0.25) is 9.69 Å². The van der Waals surface area contributed by atoms with Crippen LogP contribution >= 0.6 is 0 Å². The Morgan fingerprint density at radius 3 is 2.48 bits per heavy atom. The van der Waals surface area contributed by atoms with E-state index in [-0.39, 0.29) is 29.8 Å². The predicted molar refractivity (Wildman–Crippen MR) is 97.9 cm³/mol. The van der Waals surface area contributed by atoms with Gasteiger partial charge in [0.2, 0.25) is 0 Å². The van der Waals surface area contributed by atoms with Crippen LogP contribution in [0.4, 0.5) is 0 Å². The molecule has 1 aliphatic heterocycles. The molecule has 0 aromatic heterocycles. The second-order valence-electron chi connectivity index (χ2n) is 7.68. The Kier molecular flexibility index (Phi) is 5.64. The fourth-order valence-electron chi connectivity index (χ4n) is 4.29. The lowest BCUT2D eigenvalue weighted by molar-refractivity contribution is 0.00727. The number of hydrogen-bond acceptors (Lipinski definition) is 4. The van der Waals surface area contributed by atoms with Gasteiger partial charge in [-0.2, -0.15) is 0 Å². The second kappa shape index (κ2) is 7.75. The molecule has 2 fully saturated rings.